The average Bonchev–Trinajstić information content (AvgIpc) is 3.07. The topological polar surface area (TPSA) is 56.1 Å². The van der Waals surface area contributed by atoms with Crippen LogP contribution in [0, 0.1) is 19.8 Å². The first-order chi connectivity index (χ1) is 14.5. The summed E-state index contributed by atoms with van der Waals surface area (Å²) in [5, 5.41) is 2.99. The summed E-state index contributed by atoms with van der Waals surface area (Å²) in [6.07, 6.45) is 2.71. The van der Waals surface area contributed by atoms with Crippen molar-refractivity contribution in [3.8, 4) is 5.75 Å². The van der Waals surface area contributed by atoms with Crippen molar-refractivity contribution in [2.75, 3.05) is 13.2 Å². The van der Waals surface area contributed by atoms with Gasteiger partial charge in [-0.3, -0.25) is 4.79 Å². The Morgan fingerprint density at radius 2 is 1.80 bits per heavy atom. The molecule has 2 aromatic carbocycles. The van der Waals surface area contributed by atoms with Crippen LogP contribution in [0.3, 0.4) is 0 Å². The number of hydrogen-bond donors (Lipinski definition) is 1. The summed E-state index contributed by atoms with van der Waals surface area (Å²) < 4.78 is 8.33. The Hall–Kier alpha value is -2.82. The Bertz CT molecular complexity index is 971. The number of aromatic nitrogens is 2. The second-order valence-electron chi connectivity index (χ2n) is 8.14. The molecule has 0 saturated heterocycles. The van der Waals surface area contributed by atoms with E-state index in [0.717, 1.165) is 48.4 Å². The summed E-state index contributed by atoms with van der Waals surface area (Å²) in [5.74, 6) is 2.12. The standard InChI is InChI=1S/C25H33N3O2/c1-18(2)25(29)26-15-14-23-27-21-12-5-6-13-22(21)28(23)16-7-8-17-30-24-19(3)10-9-11-20(24)4/h5-6,9-13,18H,7-8,14-17H2,1-4H3,(H,26,29). The van der Waals surface area contributed by atoms with E-state index < -0.39 is 0 Å². The number of aryl methyl sites for hydroxylation is 3. The van der Waals surface area contributed by atoms with Gasteiger partial charge in [0.15, 0.2) is 0 Å². The Balaban J connectivity index is 1.58. The first-order valence-electron chi connectivity index (χ1n) is 10.9. The van der Waals surface area contributed by atoms with Crippen LogP contribution in [0.5, 0.6) is 5.75 Å². The van der Waals surface area contributed by atoms with Crippen molar-refractivity contribution in [1.82, 2.24) is 14.9 Å². The van der Waals surface area contributed by atoms with Gasteiger partial charge >= 0.3 is 0 Å². The van der Waals surface area contributed by atoms with Gasteiger partial charge in [-0.2, -0.15) is 0 Å². The highest BCUT2D eigenvalue weighted by Crippen LogP contribution is 2.23. The molecule has 0 saturated carbocycles. The summed E-state index contributed by atoms with van der Waals surface area (Å²) in [7, 11) is 0. The fourth-order valence-electron chi connectivity index (χ4n) is 3.64. The van der Waals surface area contributed by atoms with Crippen molar-refractivity contribution in [3.63, 3.8) is 0 Å². The van der Waals surface area contributed by atoms with E-state index in [0.29, 0.717) is 13.2 Å². The second kappa shape index (κ2) is 10.3. The fourth-order valence-corrected chi connectivity index (χ4v) is 3.64. The fraction of sp³-hybridized carbons (Fsp3) is 0.440. The van der Waals surface area contributed by atoms with Crippen LogP contribution in [0.1, 0.15) is 43.6 Å². The minimum absolute atomic E-state index is 0.000653. The van der Waals surface area contributed by atoms with E-state index in [4.69, 9.17) is 9.72 Å². The van der Waals surface area contributed by atoms with E-state index in [1.807, 2.05) is 26.0 Å². The molecule has 0 bridgehead atoms. The van der Waals surface area contributed by atoms with Gasteiger partial charge in [-0.25, -0.2) is 4.98 Å². The van der Waals surface area contributed by atoms with Crippen LogP contribution in [-0.4, -0.2) is 28.6 Å². The number of nitrogens with zero attached hydrogens (tertiary/aromatic N) is 2. The molecular formula is C25H33N3O2. The zero-order valence-corrected chi connectivity index (χ0v) is 18.6. The molecule has 3 rings (SSSR count). The van der Waals surface area contributed by atoms with Crippen molar-refractivity contribution >= 4 is 16.9 Å². The van der Waals surface area contributed by atoms with E-state index in [-0.39, 0.29) is 11.8 Å². The molecule has 1 amide bonds. The summed E-state index contributed by atoms with van der Waals surface area (Å²) >= 11 is 0. The van der Waals surface area contributed by atoms with Gasteiger partial charge in [0.25, 0.3) is 0 Å². The molecule has 0 aliphatic rings. The number of rotatable bonds is 10. The minimum Gasteiger partial charge on any atom is -0.493 e. The molecule has 30 heavy (non-hydrogen) atoms. The predicted molar refractivity (Wildman–Crippen MR) is 122 cm³/mol. The van der Waals surface area contributed by atoms with Gasteiger partial charge in [-0.1, -0.05) is 44.2 Å². The second-order valence-corrected chi connectivity index (χ2v) is 8.14. The summed E-state index contributed by atoms with van der Waals surface area (Å²) in [6, 6.07) is 14.5. The maximum Gasteiger partial charge on any atom is 0.222 e. The van der Waals surface area contributed by atoms with Gasteiger partial charge in [0.2, 0.25) is 5.91 Å². The highest BCUT2D eigenvalue weighted by Gasteiger charge is 2.12. The van der Waals surface area contributed by atoms with Crippen LogP contribution in [0.2, 0.25) is 0 Å². The first-order valence-corrected chi connectivity index (χ1v) is 10.9. The van der Waals surface area contributed by atoms with Gasteiger partial charge < -0.3 is 14.6 Å². The van der Waals surface area contributed by atoms with Gasteiger partial charge in [0.05, 0.1) is 17.6 Å². The maximum absolute atomic E-state index is 11.8. The largest absolute Gasteiger partial charge is 0.493 e. The van der Waals surface area contributed by atoms with Crippen LogP contribution >= 0.6 is 0 Å². The molecule has 1 N–H and O–H groups in total. The van der Waals surface area contributed by atoms with Crippen LogP contribution in [0.4, 0.5) is 0 Å². The van der Waals surface area contributed by atoms with Crippen molar-refractivity contribution in [2.45, 2.75) is 53.5 Å². The molecule has 5 heteroatoms. The molecule has 0 radical (unpaired) electrons. The maximum atomic E-state index is 11.8. The summed E-state index contributed by atoms with van der Waals surface area (Å²) in [5.41, 5.74) is 4.52. The number of carbonyl (C=O) groups excluding carboxylic acids is 1. The quantitative estimate of drug-likeness (QED) is 0.490. The zero-order chi connectivity index (χ0) is 21.5. The Morgan fingerprint density at radius 1 is 1.07 bits per heavy atom. The molecule has 160 valence electrons. The van der Waals surface area contributed by atoms with Gasteiger partial charge in [-0.15, -0.1) is 0 Å². The molecule has 1 aromatic heterocycles. The smallest absolute Gasteiger partial charge is 0.222 e. The molecule has 0 aliphatic heterocycles. The third kappa shape index (κ3) is 5.41. The molecule has 0 spiro atoms. The molecule has 0 fully saturated rings. The van der Waals surface area contributed by atoms with Crippen molar-refractivity contribution < 1.29 is 9.53 Å². The Labute approximate surface area is 179 Å². The van der Waals surface area contributed by atoms with Gasteiger partial charge in [0.1, 0.15) is 11.6 Å². The van der Waals surface area contributed by atoms with E-state index in [1.165, 1.54) is 11.1 Å². The lowest BCUT2D eigenvalue weighted by atomic mass is 10.1. The number of benzene rings is 2. The number of hydrogen-bond acceptors (Lipinski definition) is 3. The third-order valence-corrected chi connectivity index (χ3v) is 5.34. The summed E-state index contributed by atoms with van der Waals surface area (Å²) in [4.78, 5) is 16.7. The summed E-state index contributed by atoms with van der Waals surface area (Å²) in [6.45, 7) is 10.2. The van der Waals surface area contributed by atoms with Crippen LogP contribution in [0.15, 0.2) is 42.5 Å². The minimum atomic E-state index is 0.000653. The molecule has 5 nitrogen and oxygen atoms in total. The predicted octanol–water partition coefficient (Wildman–Crippen LogP) is 4.83. The molecular weight excluding hydrogens is 374 g/mol. The lowest BCUT2D eigenvalue weighted by molar-refractivity contribution is -0.123. The normalized spacial score (nSPS) is 11.2. The SMILES string of the molecule is Cc1cccc(C)c1OCCCCn1c(CCNC(=O)C(C)C)nc2ccccc21. The molecule has 3 aromatic rings. The number of fused-ring (bicyclic) bond motifs is 1. The number of para-hydroxylation sites is 3. The van der Waals surface area contributed by atoms with Crippen molar-refractivity contribution in [1.29, 1.82) is 0 Å². The van der Waals surface area contributed by atoms with Crippen LogP contribution < -0.4 is 10.1 Å². The molecule has 1 heterocycles. The van der Waals surface area contributed by atoms with E-state index in [9.17, 15) is 4.79 Å². The zero-order valence-electron chi connectivity index (χ0n) is 18.6. The van der Waals surface area contributed by atoms with E-state index in [1.54, 1.807) is 0 Å². The first kappa shape index (κ1) is 21.9. The van der Waals surface area contributed by atoms with Gasteiger partial charge in [-0.05, 0) is 49.9 Å². The number of carbonyl (C=O) groups is 1. The lowest BCUT2D eigenvalue weighted by Gasteiger charge is -2.13. The van der Waals surface area contributed by atoms with Crippen molar-refractivity contribution in [2.24, 2.45) is 5.92 Å². The highest BCUT2D eigenvalue weighted by atomic mass is 16.5. The average molecular weight is 408 g/mol. The Morgan fingerprint density at radius 3 is 2.53 bits per heavy atom. The Kier molecular flexibility index (Phi) is 7.50. The van der Waals surface area contributed by atoms with E-state index in [2.05, 4.69) is 54.1 Å². The number of imidazole rings is 1. The van der Waals surface area contributed by atoms with E-state index >= 15 is 0 Å². The number of ether oxygens (including phenoxy) is 1. The number of amides is 1. The molecule has 0 unspecified atom stereocenters. The third-order valence-electron chi connectivity index (χ3n) is 5.34. The van der Waals surface area contributed by atoms with Crippen LogP contribution in [0.25, 0.3) is 11.0 Å². The van der Waals surface area contributed by atoms with Crippen LogP contribution in [-0.2, 0) is 17.8 Å². The number of unbranched alkanes of at least 4 members (excludes halogenated alkanes) is 1. The molecule has 0 atom stereocenters. The van der Waals surface area contributed by atoms with Crippen molar-refractivity contribution in [3.05, 3.63) is 59.4 Å². The molecule has 0 aliphatic carbocycles. The monoisotopic (exact) mass is 407 g/mol. The van der Waals surface area contributed by atoms with Gasteiger partial charge in [0, 0.05) is 25.4 Å². The highest BCUT2D eigenvalue weighted by molar-refractivity contribution is 5.78. The number of nitrogens with one attached hydrogen (secondary N) is 1. The lowest BCUT2D eigenvalue weighted by Crippen LogP contribution is -2.30.